The van der Waals surface area contributed by atoms with Crippen molar-refractivity contribution in [3.05, 3.63) is 69.3 Å². The fourth-order valence-electron chi connectivity index (χ4n) is 2.14. The Morgan fingerprint density at radius 1 is 1.33 bits per heavy atom. The van der Waals surface area contributed by atoms with Crippen LogP contribution in [-0.4, -0.2) is 24.2 Å². The first-order chi connectivity index (χ1) is 11.5. The number of nitrogens with one attached hydrogen (secondary N) is 1. The summed E-state index contributed by atoms with van der Waals surface area (Å²) in [6, 6.07) is 11.6. The number of rotatable bonds is 6. The Labute approximate surface area is 139 Å². The molecule has 0 saturated carbocycles. The first-order valence-corrected chi connectivity index (χ1v) is 7.20. The van der Waals surface area contributed by atoms with Gasteiger partial charge in [-0.15, -0.1) is 0 Å². The van der Waals surface area contributed by atoms with E-state index in [0.717, 1.165) is 16.9 Å². The summed E-state index contributed by atoms with van der Waals surface area (Å²) in [4.78, 5) is 22.3. The van der Waals surface area contributed by atoms with Crippen molar-refractivity contribution in [3.63, 3.8) is 0 Å². The van der Waals surface area contributed by atoms with Crippen molar-refractivity contribution in [3.8, 4) is 5.75 Å². The van der Waals surface area contributed by atoms with Crippen LogP contribution in [0, 0.1) is 17.0 Å². The molecule has 0 unspecified atom stereocenters. The molecule has 0 fully saturated rings. The van der Waals surface area contributed by atoms with Gasteiger partial charge in [-0.3, -0.25) is 14.9 Å². The number of hydrazone groups is 1. The van der Waals surface area contributed by atoms with Crippen LogP contribution in [0.3, 0.4) is 0 Å². The number of hydrogen-bond donors (Lipinski definition) is 1. The molecule has 0 aliphatic carbocycles. The van der Waals surface area contributed by atoms with Crippen LogP contribution in [0.1, 0.15) is 16.7 Å². The Kier molecular flexibility index (Phi) is 5.62. The first kappa shape index (κ1) is 17.1. The highest BCUT2D eigenvalue weighted by molar-refractivity contribution is 5.85. The van der Waals surface area contributed by atoms with Gasteiger partial charge in [0.1, 0.15) is 5.75 Å². The molecule has 0 heterocycles. The number of methoxy groups -OCH3 is 1. The van der Waals surface area contributed by atoms with E-state index in [0.29, 0.717) is 5.56 Å². The van der Waals surface area contributed by atoms with Gasteiger partial charge in [0, 0.05) is 11.6 Å². The Balaban J connectivity index is 2.00. The van der Waals surface area contributed by atoms with Gasteiger partial charge < -0.3 is 4.74 Å². The highest BCUT2D eigenvalue weighted by Gasteiger charge is 2.14. The van der Waals surface area contributed by atoms with Gasteiger partial charge in [-0.2, -0.15) is 5.10 Å². The number of nitrogens with zero attached hydrogens (tertiary/aromatic N) is 2. The summed E-state index contributed by atoms with van der Waals surface area (Å²) in [7, 11) is 1.59. The maximum absolute atomic E-state index is 11.9. The molecule has 0 spiro atoms. The van der Waals surface area contributed by atoms with Crippen LogP contribution in [0.5, 0.6) is 5.75 Å². The van der Waals surface area contributed by atoms with Crippen LogP contribution in [0.2, 0.25) is 0 Å². The van der Waals surface area contributed by atoms with Crippen LogP contribution in [0.15, 0.2) is 47.6 Å². The fraction of sp³-hybridized carbons (Fsp3) is 0.176. The van der Waals surface area contributed by atoms with Gasteiger partial charge in [-0.25, -0.2) is 5.43 Å². The molecule has 2 rings (SSSR count). The third-order valence-electron chi connectivity index (χ3n) is 3.41. The third-order valence-corrected chi connectivity index (χ3v) is 3.41. The number of aryl methyl sites for hydroxylation is 1. The molecular weight excluding hydrogens is 310 g/mol. The van der Waals surface area contributed by atoms with Crippen LogP contribution in [0.25, 0.3) is 0 Å². The summed E-state index contributed by atoms with van der Waals surface area (Å²) in [6.45, 7) is 1.90. The van der Waals surface area contributed by atoms with Crippen LogP contribution in [-0.2, 0) is 11.2 Å². The number of ether oxygens (including phenoxy) is 1. The number of carbonyl (C=O) groups excluding carboxylic acids is 1. The third kappa shape index (κ3) is 4.39. The molecule has 7 nitrogen and oxygen atoms in total. The zero-order valence-electron chi connectivity index (χ0n) is 13.4. The lowest BCUT2D eigenvalue weighted by Crippen LogP contribution is -2.20. The molecule has 124 valence electrons. The summed E-state index contributed by atoms with van der Waals surface area (Å²) in [5, 5.41) is 14.8. The molecule has 7 heteroatoms. The van der Waals surface area contributed by atoms with E-state index in [1.165, 1.54) is 12.3 Å². The molecule has 1 N–H and O–H groups in total. The number of benzene rings is 2. The quantitative estimate of drug-likeness (QED) is 0.501. The average Bonchev–Trinajstić information content (AvgIpc) is 2.56. The maximum Gasteiger partial charge on any atom is 0.273 e. The monoisotopic (exact) mass is 327 g/mol. The highest BCUT2D eigenvalue weighted by Crippen LogP contribution is 2.18. The second-order valence-electron chi connectivity index (χ2n) is 5.08. The van der Waals surface area contributed by atoms with E-state index in [9.17, 15) is 14.9 Å². The molecule has 0 aliphatic heterocycles. The second-order valence-corrected chi connectivity index (χ2v) is 5.08. The van der Waals surface area contributed by atoms with Crippen molar-refractivity contribution in [2.24, 2.45) is 5.10 Å². The van der Waals surface area contributed by atoms with E-state index in [1.54, 1.807) is 31.4 Å². The minimum absolute atomic E-state index is 0.0809. The lowest BCUT2D eigenvalue weighted by atomic mass is 10.1. The fourth-order valence-corrected chi connectivity index (χ4v) is 2.14. The lowest BCUT2D eigenvalue weighted by Gasteiger charge is -2.04. The van der Waals surface area contributed by atoms with Gasteiger partial charge in [0.25, 0.3) is 5.69 Å². The molecule has 0 aromatic heterocycles. The standard InChI is InChI=1S/C17H17N3O4/c1-12-9-15(24-2)8-7-14(12)11-18-19-17(21)10-13-5-3-4-6-16(13)20(22)23/h3-9,11H,10H2,1-2H3,(H,19,21)/b18-11+. The van der Waals surface area contributed by atoms with E-state index in [-0.39, 0.29) is 12.1 Å². The Bertz CT molecular complexity index is 787. The predicted octanol–water partition coefficient (Wildman–Crippen LogP) is 2.60. The average molecular weight is 327 g/mol. The summed E-state index contributed by atoms with van der Waals surface area (Å²) < 4.78 is 5.12. The van der Waals surface area contributed by atoms with Crippen LogP contribution in [0.4, 0.5) is 5.69 Å². The molecule has 0 atom stereocenters. The minimum atomic E-state index is -0.507. The van der Waals surface area contributed by atoms with Crippen molar-refractivity contribution < 1.29 is 14.5 Å². The van der Waals surface area contributed by atoms with Crippen molar-refractivity contribution in [2.45, 2.75) is 13.3 Å². The second kappa shape index (κ2) is 7.87. The van der Waals surface area contributed by atoms with Gasteiger partial charge >= 0.3 is 0 Å². The number of nitro benzene ring substituents is 1. The number of carbonyl (C=O) groups is 1. The van der Waals surface area contributed by atoms with Crippen LogP contribution < -0.4 is 10.2 Å². The summed E-state index contributed by atoms with van der Waals surface area (Å²) in [5.74, 6) is 0.316. The maximum atomic E-state index is 11.9. The minimum Gasteiger partial charge on any atom is -0.497 e. The summed E-state index contributed by atoms with van der Waals surface area (Å²) in [5.41, 5.74) is 4.43. The molecule has 0 bridgehead atoms. The number of hydrogen-bond acceptors (Lipinski definition) is 5. The van der Waals surface area contributed by atoms with E-state index in [2.05, 4.69) is 10.5 Å². The molecule has 2 aromatic carbocycles. The molecule has 1 amide bonds. The SMILES string of the molecule is COc1ccc(/C=N/NC(=O)Cc2ccccc2[N+](=O)[O-])c(C)c1. The summed E-state index contributed by atoms with van der Waals surface area (Å²) in [6.07, 6.45) is 1.40. The highest BCUT2D eigenvalue weighted by atomic mass is 16.6. The molecule has 0 aliphatic rings. The summed E-state index contributed by atoms with van der Waals surface area (Å²) >= 11 is 0. The van der Waals surface area contributed by atoms with E-state index >= 15 is 0 Å². The Morgan fingerprint density at radius 3 is 2.75 bits per heavy atom. The van der Waals surface area contributed by atoms with Crippen molar-refractivity contribution >= 4 is 17.8 Å². The number of para-hydroxylation sites is 1. The Morgan fingerprint density at radius 2 is 2.08 bits per heavy atom. The Hall–Kier alpha value is -3.22. The zero-order chi connectivity index (χ0) is 17.5. The molecule has 0 radical (unpaired) electrons. The molecule has 0 saturated heterocycles. The normalized spacial score (nSPS) is 10.6. The van der Waals surface area contributed by atoms with Crippen molar-refractivity contribution in [1.82, 2.24) is 5.43 Å². The van der Waals surface area contributed by atoms with Gasteiger partial charge in [0.15, 0.2) is 0 Å². The van der Waals surface area contributed by atoms with E-state index < -0.39 is 10.8 Å². The van der Waals surface area contributed by atoms with Crippen molar-refractivity contribution in [2.75, 3.05) is 7.11 Å². The lowest BCUT2D eigenvalue weighted by molar-refractivity contribution is -0.385. The predicted molar refractivity (Wildman–Crippen MR) is 90.3 cm³/mol. The van der Waals surface area contributed by atoms with E-state index in [1.807, 2.05) is 19.1 Å². The topological polar surface area (TPSA) is 93.8 Å². The van der Waals surface area contributed by atoms with Crippen LogP contribution >= 0.6 is 0 Å². The zero-order valence-corrected chi connectivity index (χ0v) is 13.4. The van der Waals surface area contributed by atoms with E-state index in [4.69, 9.17) is 4.74 Å². The largest absolute Gasteiger partial charge is 0.497 e. The van der Waals surface area contributed by atoms with Crippen molar-refractivity contribution in [1.29, 1.82) is 0 Å². The molecule has 2 aromatic rings. The smallest absolute Gasteiger partial charge is 0.273 e. The number of nitro groups is 1. The van der Waals surface area contributed by atoms with Gasteiger partial charge in [-0.05, 0) is 36.2 Å². The van der Waals surface area contributed by atoms with Gasteiger partial charge in [0.2, 0.25) is 5.91 Å². The first-order valence-electron chi connectivity index (χ1n) is 7.20. The number of amides is 1. The van der Waals surface area contributed by atoms with Gasteiger partial charge in [0.05, 0.1) is 24.7 Å². The van der Waals surface area contributed by atoms with Gasteiger partial charge in [-0.1, -0.05) is 18.2 Å². The molecular formula is C17H17N3O4. The molecule has 24 heavy (non-hydrogen) atoms.